The van der Waals surface area contributed by atoms with Crippen LogP contribution in [-0.2, 0) is 4.79 Å². The standard InChI is InChI=1S/C21H29N3O3/c1-3-4-5-6-13-19(25)24-14-8-7-12-18(24)21-22-20(23-27-21)16-10-9-11-17(15-16)26-2/h9-11,15,18H,3-8,12-14H2,1-2H3/t18-/m1/s1. The quantitative estimate of drug-likeness (QED) is 0.625. The van der Waals surface area contributed by atoms with Crippen molar-refractivity contribution in [3.63, 3.8) is 0 Å². The maximum atomic E-state index is 12.7. The van der Waals surface area contributed by atoms with E-state index in [0.717, 1.165) is 50.0 Å². The van der Waals surface area contributed by atoms with Crippen LogP contribution in [0, 0.1) is 0 Å². The number of benzene rings is 1. The van der Waals surface area contributed by atoms with Crippen molar-refractivity contribution in [3.8, 4) is 17.1 Å². The molecule has 1 fully saturated rings. The van der Waals surface area contributed by atoms with Gasteiger partial charge in [0.05, 0.1) is 7.11 Å². The molecule has 1 atom stereocenters. The Balaban J connectivity index is 1.71. The fourth-order valence-corrected chi connectivity index (χ4v) is 3.58. The number of carbonyl (C=O) groups excluding carboxylic acids is 1. The van der Waals surface area contributed by atoms with E-state index in [9.17, 15) is 4.79 Å². The van der Waals surface area contributed by atoms with Crippen LogP contribution in [0.4, 0.5) is 0 Å². The highest BCUT2D eigenvalue weighted by molar-refractivity contribution is 5.76. The average molecular weight is 371 g/mol. The molecule has 1 aromatic heterocycles. The summed E-state index contributed by atoms with van der Waals surface area (Å²) >= 11 is 0. The normalized spacial score (nSPS) is 17.1. The second-order valence-electron chi connectivity index (χ2n) is 7.10. The van der Waals surface area contributed by atoms with Crippen molar-refractivity contribution < 1.29 is 14.1 Å². The van der Waals surface area contributed by atoms with E-state index in [1.165, 1.54) is 12.8 Å². The summed E-state index contributed by atoms with van der Waals surface area (Å²) in [6.45, 7) is 2.95. The summed E-state index contributed by atoms with van der Waals surface area (Å²) in [6, 6.07) is 7.48. The number of methoxy groups -OCH3 is 1. The predicted molar refractivity (Wildman–Crippen MR) is 103 cm³/mol. The molecule has 1 amide bonds. The van der Waals surface area contributed by atoms with Crippen molar-refractivity contribution in [2.75, 3.05) is 13.7 Å². The first-order valence-corrected chi connectivity index (χ1v) is 10.0. The molecule has 0 unspecified atom stereocenters. The van der Waals surface area contributed by atoms with Gasteiger partial charge in [0, 0.05) is 18.5 Å². The molecule has 1 aliphatic rings. The number of carbonyl (C=O) groups is 1. The summed E-state index contributed by atoms with van der Waals surface area (Å²) in [5.41, 5.74) is 0.845. The van der Waals surface area contributed by atoms with Gasteiger partial charge in [-0.15, -0.1) is 0 Å². The first-order chi connectivity index (χ1) is 13.2. The molecular weight excluding hydrogens is 342 g/mol. The number of hydrogen-bond acceptors (Lipinski definition) is 5. The molecule has 0 N–H and O–H groups in total. The maximum absolute atomic E-state index is 12.7. The van der Waals surface area contributed by atoms with Gasteiger partial charge in [-0.25, -0.2) is 0 Å². The number of ether oxygens (including phenoxy) is 1. The van der Waals surface area contributed by atoms with E-state index in [4.69, 9.17) is 9.26 Å². The zero-order chi connectivity index (χ0) is 19.1. The van der Waals surface area contributed by atoms with Crippen molar-refractivity contribution in [3.05, 3.63) is 30.2 Å². The van der Waals surface area contributed by atoms with Gasteiger partial charge in [0.25, 0.3) is 0 Å². The van der Waals surface area contributed by atoms with E-state index >= 15 is 0 Å². The molecule has 0 radical (unpaired) electrons. The highest BCUT2D eigenvalue weighted by Gasteiger charge is 2.31. The van der Waals surface area contributed by atoms with Crippen LogP contribution in [0.2, 0.25) is 0 Å². The van der Waals surface area contributed by atoms with Crippen LogP contribution in [0.5, 0.6) is 5.75 Å². The first kappa shape index (κ1) is 19.4. The topological polar surface area (TPSA) is 68.5 Å². The minimum absolute atomic E-state index is 0.107. The number of aromatic nitrogens is 2. The number of rotatable bonds is 8. The summed E-state index contributed by atoms with van der Waals surface area (Å²) in [4.78, 5) is 19.3. The smallest absolute Gasteiger partial charge is 0.249 e. The Labute approximate surface area is 160 Å². The number of piperidine rings is 1. The number of nitrogens with zero attached hydrogens (tertiary/aromatic N) is 3. The van der Waals surface area contributed by atoms with Crippen LogP contribution in [0.1, 0.15) is 70.2 Å². The van der Waals surface area contributed by atoms with Crippen molar-refractivity contribution in [2.45, 2.75) is 64.3 Å². The van der Waals surface area contributed by atoms with Gasteiger partial charge in [0.15, 0.2) is 0 Å². The monoisotopic (exact) mass is 371 g/mol. The van der Waals surface area contributed by atoms with Crippen LogP contribution in [-0.4, -0.2) is 34.6 Å². The molecule has 1 aliphatic heterocycles. The highest BCUT2D eigenvalue weighted by atomic mass is 16.5. The summed E-state index contributed by atoms with van der Waals surface area (Å²) < 4.78 is 10.8. The Morgan fingerprint density at radius 2 is 2.19 bits per heavy atom. The van der Waals surface area contributed by atoms with Gasteiger partial charge in [-0.1, -0.05) is 43.5 Å². The molecule has 0 saturated carbocycles. The van der Waals surface area contributed by atoms with Gasteiger partial charge in [-0.05, 0) is 37.8 Å². The van der Waals surface area contributed by atoms with E-state index < -0.39 is 0 Å². The van der Waals surface area contributed by atoms with Crippen molar-refractivity contribution in [1.82, 2.24) is 15.0 Å². The zero-order valence-corrected chi connectivity index (χ0v) is 16.3. The molecule has 0 spiro atoms. The third kappa shape index (κ3) is 4.87. The lowest BCUT2D eigenvalue weighted by atomic mass is 10.0. The van der Waals surface area contributed by atoms with E-state index in [0.29, 0.717) is 18.1 Å². The lowest BCUT2D eigenvalue weighted by Crippen LogP contribution is -2.38. The summed E-state index contributed by atoms with van der Waals surface area (Å²) in [5, 5.41) is 4.14. The van der Waals surface area contributed by atoms with Crippen LogP contribution in [0.25, 0.3) is 11.4 Å². The summed E-state index contributed by atoms with van der Waals surface area (Å²) in [5.74, 6) is 2.02. The van der Waals surface area contributed by atoms with Crippen LogP contribution in [0.3, 0.4) is 0 Å². The third-order valence-corrected chi connectivity index (χ3v) is 5.12. The Hall–Kier alpha value is -2.37. The molecule has 1 aromatic carbocycles. The first-order valence-electron chi connectivity index (χ1n) is 10.0. The van der Waals surface area contributed by atoms with Crippen molar-refractivity contribution in [1.29, 1.82) is 0 Å². The average Bonchev–Trinajstić information content (AvgIpc) is 3.21. The minimum Gasteiger partial charge on any atom is -0.497 e. The molecular formula is C21H29N3O3. The van der Waals surface area contributed by atoms with Crippen LogP contribution < -0.4 is 4.74 Å². The number of unbranched alkanes of at least 4 members (excludes halogenated alkanes) is 3. The predicted octanol–water partition coefficient (Wildman–Crippen LogP) is 4.77. The Morgan fingerprint density at radius 3 is 3.00 bits per heavy atom. The van der Waals surface area contributed by atoms with Gasteiger partial charge < -0.3 is 14.2 Å². The van der Waals surface area contributed by atoms with Gasteiger partial charge in [0.2, 0.25) is 17.6 Å². The zero-order valence-electron chi connectivity index (χ0n) is 16.3. The Kier molecular flexibility index (Phi) is 6.85. The van der Waals surface area contributed by atoms with E-state index in [1.54, 1.807) is 7.11 Å². The molecule has 1 saturated heterocycles. The largest absolute Gasteiger partial charge is 0.497 e. The second kappa shape index (κ2) is 9.53. The fourth-order valence-electron chi connectivity index (χ4n) is 3.58. The lowest BCUT2D eigenvalue weighted by molar-refractivity contribution is -0.135. The van der Waals surface area contributed by atoms with Gasteiger partial charge >= 0.3 is 0 Å². The van der Waals surface area contributed by atoms with Crippen LogP contribution in [0.15, 0.2) is 28.8 Å². The van der Waals surface area contributed by atoms with E-state index in [1.807, 2.05) is 29.2 Å². The molecule has 6 nitrogen and oxygen atoms in total. The Morgan fingerprint density at radius 1 is 1.30 bits per heavy atom. The summed E-state index contributed by atoms with van der Waals surface area (Å²) in [7, 11) is 1.63. The molecule has 2 aromatic rings. The molecule has 0 bridgehead atoms. The lowest BCUT2D eigenvalue weighted by Gasteiger charge is -2.33. The summed E-state index contributed by atoms with van der Waals surface area (Å²) in [6.07, 6.45) is 8.01. The molecule has 0 aliphatic carbocycles. The minimum atomic E-state index is -0.107. The highest BCUT2D eigenvalue weighted by Crippen LogP contribution is 2.32. The Bertz CT molecular complexity index is 744. The SMILES string of the molecule is CCCCCCC(=O)N1CCCC[C@@H]1c1nc(-c2cccc(OC)c2)no1. The fraction of sp³-hybridized carbons (Fsp3) is 0.571. The molecule has 2 heterocycles. The van der Waals surface area contributed by atoms with E-state index in [2.05, 4.69) is 17.1 Å². The molecule has 146 valence electrons. The second-order valence-corrected chi connectivity index (χ2v) is 7.10. The number of likely N-dealkylation sites (tertiary alicyclic amines) is 1. The van der Waals surface area contributed by atoms with Gasteiger partial charge in [-0.2, -0.15) is 4.98 Å². The van der Waals surface area contributed by atoms with Gasteiger partial charge in [-0.3, -0.25) is 4.79 Å². The van der Waals surface area contributed by atoms with Crippen molar-refractivity contribution >= 4 is 5.91 Å². The maximum Gasteiger partial charge on any atom is 0.249 e. The molecule has 6 heteroatoms. The molecule has 3 rings (SSSR count). The molecule has 27 heavy (non-hydrogen) atoms. The number of hydrogen-bond donors (Lipinski definition) is 0. The van der Waals surface area contributed by atoms with Crippen LogP contribution >= 0.6 is 0 Å². The number of amides is 1. The van der Waals surface area contributed by atoms with Crippen molar-refractivity contribution in [2.24, 2.45) is 0 Å². The van der Waals surface area contributed by atoms with E-state index in [-0.39, 0.29) is 11.9 Å². The van der Waals surface area contributed by atoms with Gasteiger partial charge in [0.1, 0.15) is 11.8 Å². The third-order valence-electron chi connectivity index (χ3n) is 5.12.